The molecule has 1 aromatic rings. The lowest BCUT2D eigenvalue weighted by molar-refractivity contribution is -0.116. The lowest BCUT2D eigenvalue weighted by Gasteiger charge is -2.20. The first-order valence-electron chi connectivity index (χ1n) is 5.34. The second-order valence-corrected chi connectivity index (χ2v) is 4.10. The number of rotatable bonds is 2. The van der Waals surface area contributed by atoms with Gasteiger partial charge in [0, 0.05) is 12.1 Å². The van der Waals surface area contributed by atoms with Gasteiger partial charge in [-0.3, -0.25) is 9.69 Å². The Labute approximate surface area is 99.2 Å². The molecule has 1 aromatic carbocycles. The van der Waals surface area contributed by atoms with E-state index in [4.69, 9.17) is 10.3 Å². The fraction of sp³-hybridized carbons (Fsp3) is 0.333. The maximum atomic E-state index is 12.0. The molecule has 0 bridgehead atoms. The molecule has 88 valence electrons. The monoisotopic (exact) mass is 231 g/mol. The maximum absolute atomic E-state index is 12.0. The smallest absolute Gasteiger partial charge is 0.389 e. The lowest BCUT2D eigenvalue weighted by Crippen LogP contribution is -2.36. The number of hydrogen-bond acceptors (Lipinski definition) is 2. The molecule has 0 saturated carbocycles. The van der Waals surface area contributed by atoms with Gasteiger partial charge in [-0.15, -0.1) is 0 Å². The van der Waals surface area contributed by atoms with Gasteiger partial charge in [0.05, 0.1) is 18.4 Å². The quantitative estimate of drug-likeness (QED) is 0.571. The fourth-order valence-electron chi connectivity index (χ4n) is 1.99. The van der Waals surface area contributed by atoms with E-state index in [9.17, 15) is 4.79 Å². The number of ether oxygens (including phenoxy) is 1. The highest BCUT2D eigenvalue weighted by molar-refractivity contribution is 6.52. The van der Waals surface area contributed by atoms with Crippen LogP contribution in [0, 0.1) is 0 Å². The predicted molar refractivity (Wildman–Crippen MR) is 63.3 cm³/mol. The van der Waals surface area contributed by atoms with Crippen LogP contribution in [0.15, 0.2) is 18.2 Å². The van der Waals surface area contributed by atoms with Gasteiger partial charge >= 0.3 is 11.6 Å². The van der Waals surface area contributed by atoms with Gasteiger partial charge in [0.15, 0.2) is 0 Å². The molecule has 1 aliphatic heterocycles. The van der Waals surface area contributed by atoms with E-state index in [0.717, 1.165) is 5.69 Å². The number of carbonyl (C=O) groups excluding carboxylic acids is 1. The third-order valence-corrected chi connectivity index (χ3v) is 2.76. The molecule has 0 N–H and O–H groups in total. The summed E-state index contributed by atoms with van der Waals surface area (Å²) in [6, 6.07) is 5.23. The number of amides is 1. The van der Waals surface area contributed by atoms with E-state index in [0.29, 0.717) is 11.3 Å². The van der Waals surface area contributed by atoms with Crippen LogP contribution < -0.4 is 9.64 Å². The van der Waals surface area contributed by atoms with E-state index >= 15 is 0 Å². The van der Waals surface area contributed by atoms with Gasteiger partial charge in [-0.1, -0.05) is 0 Å². The Kier molecular flexibility index (Phi) is 2.69. The molecule has 0 spiro atoms. The second kappa shape index (κ2) is 4.03. The summed E-state index contributed by atoms with van der Waals surface area (Å²) in [4.78, 5) is 16.7. The van der Waals surface area contributed by atoms with E-state index in [1.807, 2.05) is 13.8 Å². The number of methoxy groups -OCH3 is 1. The standard InChI is InChI=1S/C12H13N3O2/c1-7(2)15-10-6-8(17-3)4-5-9(10)11(14-13)12(15)16/h4-7H,1-3H3. The van der Waals surface area contributed by atoms with Crippen molar-refractivity contribution in [3.05, 3.63) is 29.3 Å². The highest BCUT2D eigenvalue weighted by atomic mass is 16.5. The number of nitrogens with zero attached hydrogens (tertiary/aromatic N) is 3. The van der Waals surface area contributed by atoms with Crippen molar-refractivity contribution in [2.75, 3.05) is 12.0 Å². The van der Waals surface area contributed by atoms with Gasteiger partial charge in [0.2, 0.25) is 0 Å². The number of carbonyl (C=O) groups is 1. The first-order chi connectivity index (χ1) is 8.10. The van der Waals surface area contributed by atoms with E-state index in [1.165, 1.54) is 0 Å². The van der Waals surface area contributed by atoms with Gasteiger partial charge in [0.25, 0.3) is 0 Å². The minimum absolute atomic E-state index is 0.00685. The maximum Gasteiger partial charge on any atom is 0.389 e. The molecule has 1 heterocycles. The van der Waals surface area contributed by atoms with Gasteiger partial charge in [-0.25, -0.2) is 0 Å². The van der Waals surface area contributed by atoms with Gasteiger partial charge < -0.3 is 10.3 Å². The third kappa shape index (κ3) is 1.61. The van der Waals surface area contributed by atoms with Crippen molar-refractivity contribution in [3.8, 4) is 5.75 Å². The first kappa shape index (κ1) is 11.4. The molecular weight excluding hydrogens is 218 g/mol. The Bertz CT molecular complexity index is 531. The summed E-state index contributed by atoms with van der Waals surface area (Å²) < 4.78 is 5.13. The molecule has 5 heteroatoms. The summed E-state index contributed by atoms with van der Waals surface area (Å²) in [5, 5.41) is 0. The van der Waals surface area contributed by atoms with Crippen molar-refractivity contribution >= 4 is 17.3 Å². The summed E-state index contributed by atoms with van der Waals surface area (Å²) in [5.74, 6) is 0.382. The normalized spacial score (nSPS) is 14.0. The molecule has 0 unspecified atom stereocenters. The van der Waals surface area contributed by atoms with Crippen LogP contribution >= 0.6 is 0 Å². The zero-order valence-electron chi connectivity index (χ0n) is 9.97. The molecule has 0 saturated heterocycles. The Morgan fingerprint density at radius 3 is 2.65 bits per heavy atom. The fourth-order valence-corrected chi connectivity index (χ4v) is 1.99. The average molecular weight is 231 g/mol. The molecule has 2 rings (SSSR count). The molecular formula is C12H13N3O2. The van der Waals surface area contributed by atoms with E-state index in [2.05, 4.69) is 4.79 Å². The molecule has 1 aliphatic rings. The number of benzene rings is 1. The highest BCUT2D eigenvalue weighted by Crippen LogP contribution is 2.33. The Hall–Kier alpha value is -2.13. The van der Waals surface area contributed by atoms with Crippen LogP contribution in [0.5, 0.6) is 5.75 Å². The lowest BCUT2D eigenvalue weighted by atomic mass is 10.1. The van der Waals surface area contributed by atoms with Gasteiger partial charge in [-0.2, -0.15) is 4.79 Å². The Morgan fingerprint density at radius 1 is 1.41 bits per heavy atom. The van der Waals surface area contributed by atoms with Crippen LogP contribution in [0.3, 0.4) is 0 Å². The van der Waals surface area contributed by atoms with Crippen LogP contribution in [0.2, 0.25) is 0 Å². The summed E-state index contributed by atoms with van der Waals surface area (Å²) in [6.45, 7) is 3.81. The van der Waals surface area contributed by atoms with Gasteiger partial charge in [0.1, 0.15) is 5.75 Å². The third-order valence-electron chi connectivity index (χ3n) is 2.76. The molecule has 0 radical (unpaired) electrons. The number of anilines is 1. The van der Waals surface area contributed by atoms with Crippen molar-refractivity contribution in [3.63, 3.8) is 0 Å². The zero-order valence-corrected chi connectivity index (χ0v) is 9.97. The average Bonchev–Trinajstić information content (AvgIpc) is 2.59. The van der Waals surface area contributed by atoms with Crippen molar-refractivity contribution in [2.45, 2.75) is 19.9 Å². The topological polar surface area (TPSA) is 65.9 Å². The molecule has 0 aromatic heterocycles. The SMILES string of the molecule is COc1ccc2c(c1)N(C(C)C)C(=O)C2=[N+]=[N-]. The van der Waals surface area contributed by atoms with Crippen LogP contribution in [0.4, 0.5) is 5.69 Å². The van der Waals surface area contributed by atoms with E-state index in [1.54, 1.807) is 30.2 Å². The van der Waals surface area contributed by atoms with Crippen molar-refractivity contribution < 1.29 is 14.3 Å². The van der Waals surface area contributed by atoms with Crippen LogP contribution in [-0.2, 0) is 4.79 Å². The predicted octanol–water partition coefficient (Wildman–Crippen LogP) is 1.47. The molecule has 0 fully saturated rings. The van der Waals surface area contributed by atoms with E-state index < -0.39 is 0 Å². The van der Waals surface area contributed by atoms with Crippen LogP contribution in [0.25, 0.3) is 5.53 Å². The minimum Gasteiger partial charge on any atom is -0.497 e. The van der Waals surface area contributed by atoms with Crippen molar-refractivity contribution in [1.29, 1.82) is 0 Å². The summed E-state index contributed by atoms with van der Waals surface area (Å²) in [6.07, 6.45) is 0. The molecule has 0 atom stereocenters. The van der Waals surface area contributed by atoms with E-state index in [-0.39, 0.29) is 17.7 Å². The van der Waals surface area contributed by atoms with Gasteiger partial charge in [-0.05, 0) is 26.0 Å². The highest BCUT2D eigenvalue weighted by Gasteiger charge is 2.41. The number of fused-ring (bicyclic) bond motifs is 1. The Morgan fingerprint density at radius 2 is 2.12 bits per heavy atom. The molecule has 17 heavy (non-hydrogen) atoms. The summed E-state index contributed by atoms with van der Waals surface area (Å²) in [7, 11) is 1.57. The first-order valence-corrected chi connectivity index (χ1v) is 5.34. The zero-order chi connectivity index (χ0) is 12.6. The minimum atomic E-state index is -0.286. The molecule has 5 nitrogen and oxygen atoms in total. The Balaban J connectivity index is 2.65. The molecule has 0 aliphatic carbocycles. The summed E-state index contributed by atoms with van der Waals surface area (Å²) >= 11 is 0. The van der Waals surface area contributed by atoms with Crippen molar-refractivity contribution in [2.24, 2.45) is 0 Å². The van der Waals surface area contributed by atoms with Crippen molar-refractivity contribution in [1.82, 2.24) is 0 Å². The molecule has 1 amide bonds. The van der Waals surface area contributed by atoms with Crippen LogP contribution in [-0.4, -0.2) is 29.6 Å². The second-order valence-electron chi connectivity index (χ2n) is 4.10. The van der Waals surface area contributed by atoms with Crippen LogP contribution in [0.1, 0.15) is 19.4 Å². The number of hydrogen-bond donors (Lipinski definition) is 0. The summed E-state index contributed by atoms with van der Waals surface area (Å²) in [5.41, 5.74) is 10.3. The largest absolute Gasteiger partial charge is 0.497 e.